The Kier molecular flexibility index (Phi) is 4.00. The van der Waals surface area contributed by atoms with Gasteiger partial charge >= 0.3 is 0 Å². The summed E-state index contributed by atoms with van der Waals surface area (Å²) in [6, 6.07) is 3.02. The average molecular weight is 277 g/mol. The van der Waals surface area contributed by atoms with Gasteiger partial charge in [-0.3, -0.25) is 0 Å². The molecule has 3 rings (SSSR count). The number of nitrogens with one attached hydrogen (secondary N) is 1. The smallest absolute Gasteiger partial charge is 0.0386 e. The molecule has 0 spiro atoms. The molecule has 2 aliphatic rings. The van der Waals surface area contributed by atoms with E-state index in [0.717, 1.165) is 0 Å². The second-order valence-electron chi connectivity index (χ2n) is 6.92. The minimum absolute atomic E-state index is 0.535. The van der Waals surface area contributed by atoms with Crippen molar-refractivity contribution in [2.45, 2.75) is 71.3 Å². The molecule has 106 valence electrons. The highest BCUT2D eigenvalue weighted by Gasteiger charge is 2.29. The topological polar surface area (TPSA) is 12.0 Å². The molecule has 0 bridgehead atoms. The molecule has 1 aromatic heterocycles. The van der Waals surface area contributed by atoms with Crippen LogP contribution < -0.4 is 5.32 Å². The molecule has 0 saturated heterocycles. The van der Waals surface area contributed by atoms with Crippen molar-refractivity contribution >= 4 is 11.3 Å². The second-order valence-corrected chi connectivity index (χ2v) is 8.09. The van der Waals surface area contributed by atoms with E-state index in [4.69, 9.17) is 0 Å². The third kappa shape index (κ3) is 3.05. The highest BCUT2D eigenvalue weighted by molar-refractivity contribution is 7.12. The molecule has 0 aromatic carbocycles. The Morgan fingerprint density at radius 1 is 1.21 bits per heavy atom. The van der Waals surface area contributed by atoms with Crippen LogP contribution in [0.2, 0.25) is 0 Å². The summed E-state index contributed by atoms with van der Waals surface area (Å²) in [7, 11) is 0. The molecule has 2 aliphatic carbocycles. The SMILES string of the molecule is CC(NCC1(C)CCCC1)c1cc2c(s1)CCCC2. The van der Waals surface area contributed by atoms with E-state index in [1.54, 1.807) is 15.3 Å². The van der Waals surface area contributed by atoms with Crippen LogP contribution in [0.4, 0.5) is 0 Å². The quantitative estimate of drug-likeness (QED) is 0.829. The zero-order valence-corrected chi connectivity index (χ0v) is 13.2. The molecule has 1 heterocycles. The molecule has 1 nitrogen and oxygen atoms in total. The van der Waals surface area contributed by atoms with Crippen molar-refractivity contribution in [1.29, 1.82) is 0 Å². The first-order valence-corrected chi connectivity index (χ1v) is 8.83. The van der Waals surface area contributed by atoms with Crippen LogP contribution in [-0.2, 0) is 12.8 Å². The fraction of sp³-hybridized carbons (Fsp3) is 0.765. The Bertz CT molecular complexity index is 405. The monoisotopic (exact) mass is 277 g/mol. The standard InChI is InChI=1S/C17H27NS/c1-13(18-12-17(2)9-5-6-10-17)16-11-14-7-3-4-8-15(14)19-16/h11,13,18H,3-10,12H2,1-2H3. The molecular formula is C17H27NS. The van der Waals surface area contributed by atoms with Gasteiger partial charge in [0.05, 0.1) is 0 Å². The van der Waals surface area contributed by atoms with E-state index in [9.17, 15) is 0 Å². The molecule has 1 aromatic rings. The van der Waals surface area contributed by atoms with Crippen LogP contribution in [0.1, 0.15) is 73.7 Å². The summed E-state index contributed by atoms with van der Waals surface area (Å²) in [6.07, 6.45) is 11.1. The molecule has 19 heavy (non-hydrogen) atoms. The molecule has 0 radical (unpaired) electrons. The van der Waals surface area contributed by atoms with Gasteiger partial charge in [0.25, 0.3) is 0 Å². The van der Waals surface area contributed by atoms with Crippen LogP contribution in [0.15, 0.2) is 6.07 Å². The highest BCUT2D eigenvalue weighted by Crippen LogP contribution is 2.38. The maximum Gasteiger partial charge on any atom is 0.0386 e. The summed E-state index contributed by atoms with van der Waals surface area (Å²) >= 11 is 2.06. The zero-order valence-electron chi connectivity index (χ0n) is 12.4. The first-order valence-electron chi connectivity index (χ1n) is 8.01. The Labute approximate surface area is 121 Å². The first-order chi connectivity index (χ1) is 9.16. The van der Waals surface area contributed by atoms with Crippen molar-refractivity contribution < 1.29 is 0 Å². The third-order valence-corrected chi connectivity index (χ3v) is 6.51. The molecule has 1 fully saturated rings. The van der Waals surface area contributed by atoms with Gasteiger partial charge in [0.15, 0.2) is 0 Å². The van der Waals surface area contributed by atoms with Crippen LogP contribution in [0, 0.1) is 5.41 Å². The highest BCUT2D eigenvalue weighted by atomic mass is 32.1. The first kappa shape index (κ1) is 13.6. The lowest BCUT2D eigenvalue weighted by Gasteiger charge is -2.26. The van der Waals surface area contributed by atoms with E-state index in [1.807, 2.05) is 0 Å². The minimum Gasteiger partial charge on any atom is -0.309 e. The zero-order chi connectivity index (χ0) is 13.3. The number of rotatable bonds is 4. The van der Waals surface area contributed by atoms with E-state index in [1.165, 1.54) is 57.9 Å². The van der Waals surface area contributed by atoms with E-state index < -0.39 is 0 Å². The minimum atomic E-state index is 0.535. The van der Waals surface area contributed by atoms with E-state index >= 15 is 0 Å². The number of fused-ring (bicyclic) bond motifs is 1. The van der Waals surface area contributed by atoms with Crippen molar-refractivity contribution in [1.82, 2.24) is 5.32 Å². The number of thiophene rings is 1. The van der Waals surface area contributed by atoms with Crippen LogP contribution in [-0.4, -0.2) is 6.54 Å². The summed E-state index contributed by atoms with van der Waals surface area (Å²) in [6.45, 7) is 5.99. The van der Waals surface area contributed by atoms with Crippen molar-refractivity contribution in [3.63, 3.8) is 0 Å². The Balaban J connectivity index is 1.60. The van der Waals surface area contributed by atoms with Crippen LogP contribution in [0.5, 0.6) is 0 Å². The maximum absolute atomic E-state index is 3.80. The van der Waals surface area contributed by atoms with Crippen molar-refractivity contribution in [3.8, 4) is 0 Å². The lowest BCUT2D eigenvalue weighted by molar-refractivity contribution is 0.302. The second kappa shape index (κ2) is 5.57. The van der Waals surface area contributed by atoms with Gasteiger partial charge < -0.3 is 5.32 Å². The molecule has 2 heteroatoms. The van der Waals surface area contributed by atoms with Crippen molar-refractivity contribution in [2.75, 3.05) is 6.54 Å². The Hall–Kier alpha value is -0.340. The summed E-state index contributed by atoms with van der Waals surface area (Å²) < 4.78 is 0. The van der Waals surface area contributed by atoms with Gasteiger partial charge in [-0.05, 0) is 62.5 Å². The summed E-state index contributed by atoms with van der Waals surface area (Å²) in [5, 5.41) is 3.80. The molecule has 1 unspecified atom stereocenters. The Morgan fingerprint density at radius 3 is 2.68 bits per heavy atom. The fourth-order valence-electron chi connectivity index (χ4n) is 3.63. The molecule has 0 amide bonds. The maximum atomic E-state index is 3.80. The van der Waals surface area contributed by atoms with Gasteiger partial charge in [-0.15, -0.1) is 11.3 Å². The van der Waals surface area contributed by atoms with Crippen LogP contribution in [0.25, 0.3) is 0 Å². The molecule has 1 atom stereocenters. The number of hydrogen-bond acceptors (Lipinski definition) is 2. The van der Waals surface area contributed by atoms with Gasteiger partial charge in [-0.1, -0.05) is 19.8 Å². The molecule has 1 saturated carbocycles. The lowest BCUT2D eigenvalue weighted by atomic mass is 9.88. The van der Waals surface area contributed by atoms with E-state index in [2.05, 4.69) is 36.6 Å². The lowest BCUT2D eigenvalue weighted by Crippen LogP contribution is -2.31. The van der Waals surface area contributed by atoms with Crippen LogP contribution >= 0.6 is 11.3 Å². The van der Waals surface area contributed by atoms with Gasteiger partial charge in [0, 0.05) is 22.3 Å². The van der Waals surface area contributed by atoms with Crippen LogP contribution in [0.3, 0.4) is 0 Å². The number of hydrogen-bond donors (Lipinski definition) is 1. The summed E-state index contributed by atoms with van der Waals surface area (Å²) in [5.41, 5.74) is 2.21. The third-order valence-electron chi connectivity index (χ3n) is 5.09. The molecule has 1 N–H and O–H groups in total. The van der Waals surface area contributed by atoms with Gasteiger partial charge in [-0.25, -0.2) is 0 Å². The number of aryl methyl sites for hydroxylation is 2. The summed E-state index contributed by atoms with van der Waals surface area (Å²) in [5.74, 6) is 0. The van der Waals surface area contributed by atoms with Gasteiger partial charge in [0.2, 0.25) is 0 Å². The average Bonchev–Trinajstić information content (AvgIpc) is 3.02. The largest absolute Gasteiger partial charge is 0.309 e. The summed E-state index contributed by atoms with van der Waals surface area (Å²) in [4.78, 5) is 3.23. The van der Waals surface area contributed by atoms with Gasteiger partial charge in [0.1, 0.15) is 0 Å². The molecular weight excluding hydrogens is 250 g/mol. The van der Waals surface area contributed by atoms with Crippen molar-refractivity contribution in [2.24, 2.45) is 5.41 Å². The predicted molar refractivity (Wildman–Crippen MR) is 84.0 cm³/mol. The van der Waals surface area contributed by atoms with Crippen molar-refractivity contribution in [3.05, 3.63) is 21.4 Å². The normalized spacial score (nSPS) is 23.3. The van der Waals surface area contributed by atoms with E-state index in [0.29, 0.717) is 11.5 Å². The Morgan fingerprint density at radius 2 is 1.95 bits per heavy atom. The molecule has 0 aliphatic heterocycles. The fourth-order valence-corrected chi connectivity index (χ4v) is 4.92. The van der Waals surface area contributed by atoms with E-state index in [-0.39, 0.29) is 0 Å². The van der Waals surface area contributed by atoms with Gasteiger partial charge in [-0.2, -0.15) is 0 Å². The predicted octanol–water partition coefficient (Wildman–Crippen LogP) is 4.86.